The smallest absolute Gasteiger partial charge is 0.144 e. The van der Waals surface area contributed by atoms with Gasteiger partial charge in [0.15, 0.2) is 0 Å². The minimum absolute atomic E-state index is 0.120. The molecule has 0 saturated carbocycles. The maximum atomic E-state index is 7.01. The topological polar surface area (TPSA) is 16.4 Å². The normalized spacial score (nSPS) is 12.9. The average molecular weight is 809 g/mol. The van der Waals surface area contributed by atoms with Gasteiger partial charge in [0.25, 0.3) is 0 Å². The number of benzene rings is 9. The van der Waals surface area contributed by atoms with Crippen LogP contribution in [0.25, 0.3) is 77.2 Å². The first kappa shape index (κ1) is 34.6. The van der Waals surface area contributed by atoms with Crippen molar-refractivity contribution in [1.82, 2.24) is 0 Å². The van der Waals surface area contributed by atoms with Gasteiger partial charge in [0.05, 0.1) is 0 Å². The van der Waals surface area contributed by atoms with E-state index in [9.17, 15) is 0 Å². The molecule has 3 heteroatoms. The van der Waals surface area contributed by atoms with Gasteiger partial charge in [0, 0.05) is 48.8 Å². The molecule has 1 heterocycles. The molecule has 276 valence electrons. The third kappa shape index (κ3) is 5.53. The lowest BCUT2D eigenvalue weighted by atomic mass is 9.82. The predicted molar refractivity (Wildman–Crippen MR) is 247 cm³/mol. The van der Waals surface area contributed by atoms with Crippen molar-refractivity contribution in [3.8, 4) is 44.5 Å². The second kappa shape index (κ2) is 13.5. The van der Waals surface area contributed by atoms with E-state index in [0.717, 1.165) is 54.6 Å². The Kier molecular flexibility index (Phi) is 8.03. The van der Waals surface area contributed by atoms with Crippen molar-refractivity contribution < 1.29 is 4.42 Å². The Morgan fingerprint density at radius 2 is 0.983 bits per heavy atom. The number of furan rings is 1. The van der Waals surface area contributed by atoms with E-state index >= 15 is 0 Å². The molecule has 0 fully saturated rings. The Balaban J connectivity index is 1.00. The molecule has 58 heavy (non-hydrogen) atoms. The Hall–Kier alpha value is -6.68. The van der Waals surface area contributed by atoms with E-state index in [0.29, 0.717) is 0 Å². The highest BCUT2D eigenvalue weighted by Crippen LogP contribution is 2.54. The summed E-state index contributed by atoms with van der Waals surface area (Å²) in [7, 11) is 0. The van der Waals surface area contributed by atoms with Crippen molar-refractivity contribution in [1.29, 1.82) is 0 Å². The molecule has 0 unspecified atom stereocenters. The number of nitrogens with zero attached hydrogens (tertiary/aromatic N) is 1. The Morgan fingerprint density at radius 3 is 1.69 bits per heavy atom. The summed E-state index contributed by atoms with van der Waals surface area (Å²) in [5.74, 6) is 0. The van der Waals surface area contributed by atoms with E-state index in [2.05, 4.69) is 229 Å². The standard InChI is InChI=1S/C55H38BrNO/c1-55(2)48-18-9-8-15-46(48)51-49(55)34-50(56)52-47-17-10-16-45(53(47)58-54(51)52)39-25-31-44(32-26-39)57(42-27-21-37(22-28-42)35-11-4-3-5-12-35)43-29-23-38(24-30-43)41-20-19-36-13-6-7-14-40(36)33-41/h3-34H,1-2H3. The highest BCUT2D eigenvalue weighted by molar-refractivity contribution is 9.10. The molecule has 1 aliphatic rings. The monoisotopic (exact) mass is 807 g/mol. The van der Waals surface area contributed by atoms with Crippen molar-refractivity contribution in [2.24, 2.45) is 0 Å². The van der Waals surface area contributed by atoms with Crippen molar-refractivity contribution >= 4 is 65.7 Å². The lowest BCUT2D eigenvalue weighted by molar-refractivity contribution is 0.653. The fourth-order valence-corrected chi connectivity index (χ4v) is 9.77. The number of para-hydroxylation sites is 1. The van der Waals surface area contributed by atoms with E-state index in [1.54, 1.807) is 0 Å². The molecule has 0 spiro atoms. The maximum absolute atomic E-state index is 7.01. The van der Waals surface area contributed by atoms with Crippen molar-refractivity contribution in [2.45, 2.75) is 19.3 Å². The zero-order chi connectivity index (χ0) is 39.0. The molecule has 10 aromatic rings. The molecule has 1 aromatic heterocycles. The number of hydrogen-bond acceptors (Lipinski definition) is 2. The third-order valence-electron chi connectivity index (χ3n) is 12.1. The van der Waals surface area contributed by atoms with Gasteiger partial charge in [-0.05, 0) is 104 Å². The summed E-state index contributed by atoms with van der Waals surface area (Å²) < 4.78 is 8.07. The minimum Gasteiger partial charge on any atom is -0.455 e. The fraction of sp³-hybridized carbons (Fsp3) is 0.0545. The molecule has 0 N–H and O–H groups in total. The number of fused-ring (bicyclic) bond motifs is 8. The van der Waals surface area contributed by atoms with Gasteiger partial charge in [0.1, 0.15) is 11.2 Å². The van der Waals surface area contributed by atoms with Gasteiger partial charge in [-0.2, -0.15) is 0 Å². The van der Waals surface area contributed by atoms with Crippen LogP contribution in [0.3, 0.4) is 0 Å². The maximum Gasteiger partial charge on any atom is 0.144 e. The zero-order valence-electron chi connectivity index (χ0n) is 32.2. The average Bonchev–Trinajstić information content (AvgIpc) is 3.78. The van der Waals surface area contributed by atoms with Crippen LogP contribution in [-0.2, 0) is 5.41 Å². The molecular formula is C55H38BrNO. The van der Waals surface area contributed by atoms with E-state index in [1.807, 2.05) is 0 Å². The van der Waals surface area contributed by atoms with Gasteiger partial charge in [0.2, 0.25) is 0 Å². The minimum atomic E-state index is -0.120. The first-order valence-corrected chi connectivity index (χ1v) is 20.6. The summed E-state index contributed by atoms with van der Waals surface area (Å²) in [4.78, 5) is 2.34. The SMILES string of the molecule is CC1(C)c2ccccc2-c2c1cc(Br)c1c2oc2c(-c3ccc(N(c4ccc(-c5ccccc5)cc4)c4ccc(-c5ccc6ccccc6c5)cc4)cc3)cccc21. The Labute approximate surface area is 346 Å². The highest BCUT2D eigenvalue weighted by atomic mass is 79.9. The zero-order valence-corrected chi connectivity index (χ0v) is 33.8. The first-order valence-electron chi connectivity index (χ1n) is 19.9. The van der Waals surface area contributed by atoms with Crippen LogP contribution in [0.4, 0.5) is 17.1 Å². The number of rotatable bonds is 6. The van der Waals surface area contributed by atoms with Crippen LogP contribution in [0, 0.1) is 0 Å². The van der Waals surface area contributed by atoms with E-state index in [-0.39, 0.29) is 5.41 Å². The summed E-state index contributed by atoms with van der Waals surface area (Å²) in [5, 5.41) is 4.73. The summed E-state index contributed by atoms with van der Waals surface area (Å²) in [5.41, 5.74) is 17.0. The predicted octanol–water partition coefficient (Wildman–Crippen LogP) is 16.3. The van der Waals surface area contributed by atoms with Gasteiger partial charge < -0.3 is 9.32 Å². The number of halogens is 1. The third-order valence-corrected chi connectivity index (χ3v) is 12.8. The fourth-order valence-electron chi connectivity index (χ4n) is 9.15. The summed E-state index contributed by atoms with van der Waals surface area (Å²) in [6.45, 7) is 4.62. The van der Waals surface area contributed by atoms with E-state index in [4.69, 9.17) is 4.42 Å². The molecule has 0 aliphatic heterocycles. The van der Waals surface area contributed by atoms with Gasteiger partial charge in [-0.15, -0.1) is 0 Å². The molecule has 0 bridgehead atoms. The Bertz CT molecular complexity index is 3180. The molecule has 0 radical (unpaired) electrons. The molecule has 1 aliphatic carbocycles. The van der Waals surface area contributed by atoms with Gasteiger partial charge in [-0.3, -0.25) is 0 Å². The molecule has 0 amide bonds. The second-order valence-electron chi connectivity index (χ2n) is 15.8. The van der Waals surface area contributed by atoms with Crippen LogP contribution >= 0.6 is 15.9 Å². The summed E-state index contributed by atoms with van der Waals surface area (Å²) in [6.07, 6.45) is 0. The van der Waals surface area contributed by atoms with Crippen LogP contribution in [0.5, 0.6) is 0 Å². The van der Waals surface area contributed by atoms with E-state index < -0.39 is 0 Å². The molecule has 0 saturated heterocycles. The van der Waals surface area contributed by atoms with Crippen molar-refractivity contribution in [3.05, 3.63) is 210 Å². The molecule has 0 atom stereocenters. The van der Waals surface area contributed by atoms with Crippen LogP contribution in [0.2, 0.25) is 0 Å². The summed E-state index contributed by atoms with van der Waals surface area (Å²) in [6, 6.07) is 70.1. The molecule has 11 rings (SSSR count). The van der Waals surface area contributed by atoms with Gasteiger partial charge in [-0.25, -0.2) is 0 Å². The molecule has 2 nitrogen and oxygen atoms in total. The highest BCUT2D eigenvalue weighted by Gasteiger charge is 2.38. The summed E-state index contributed by atoms with van der Waals surface area (Å²) >= 11 is 3.98. The lowest BCUT2D eigenvalue weighted by Gasteiger charge is -2.26. The van der Waals surface area contributed by atoms with Gasteiger partial charge >= 0.3 is 0 Å². The second-order valence-corrected chi connectivity index (χ2v) is 16.7. The van der Waals surface area contributed by atoms with E-state index in [1.165, 1.54) is 55.3 Å². The molecular weight excluding hydrogens is 771 g/mol. The van der Waals surface area contributed by atoms with Crippen LogP contribution in [0.1, 0.15) is 25.0 Å². The van der Waals surface area contributed by atoms with Crippen LogP contribution in [-0.4, -0.2) is 0 Å². The van der Waals surface area contributed by atoms with Crippen LogP contribution in [0.15, 0.2) is 203 Å². The number of hydrogen-bond donors (Lipinski definition) is 0. The van der Waals surface area contributed by atoms with Crippen molar-refractivity contribution in [3.63, 3.8) is 0 Å². The first-order chi connectivity index (χ1) is 28.4. The van der Waals surface area contributed by atoms with Crippen molar-refractivity contribution in [2.75, 3.05) is 4.90 Å². The lowest BCUT2D eigenvalue weighted by Crippen LogP contribution is -2.14. The van der Waals surface area contributed by atoms with Gasteiger partial charge in [-0.1, -0.05) is 175 Å². The van der Waals surface area contributed by atoms with Crippen LogP contribution < -0.4 is 4.90 Å². The quantitative estimate of drug-likeness (QED) is 0.166. The number of anilines is 3. The molecule has 9 aromatic carbocycles. The Morgan fingerprint density at radius 1 is 0.431 bits per heavy atom. The largest absolute Gasteiger partial charge is 0.455 e.